The van der Waals surface area contributed by atoms with E-state index in [1.807, 2.05) is 0 Å². The van der Waals surface area contributed by atoms with Crippen LogP contribution in [0.4, 0.5) is 0 Å². The number of fused-ring (bicyclic) bond motifs is 5. The monoisotopic (exact) mass is 419 g/mol. The second-order valence-corrected chi connectivity index (χ2v) is 7.15. The molecule has 1 aromatic heterocycles. The first-order valence-electron chi connectivity index (χ1n) is 8.00. The lowest BCUT2D eigenvalue weighted by atomic mass is 10.1. The highest BCUT2D eigenvalue weighted by atomic mass is 127. The quantitative estimate of drug-likeness (QED) is 0.272. The van der Waals surface area contributed by atoms with Crippen LogP contribution in [0.25, 0.3) is 38.3 Å². The molecule has 5 rings (SSSR count). The molecule has 0 fully saturated rings. The zero-order valence-corrected chi connectivity index (χ0v) is 15.1. The fraction of sp³-hybridized carbons (Fsp3) is 0. The molecule has 2 heteroatoms. The van der Waals surface area contributed by atoms with E-state index < -0.39 is 0 Å². The molecular weight excluding hydrogens is 405 g/mol. The summed E-state index contributed by atoms with van der Waals surface area (Å²) in [5, 5.41) is 5.24. The van der Waals surface area contributed by atoms with E-state index in [0.717, 1.165) is 0 Å². The number of hydrogen-bond donors (Lipinski definition) is 0. The van der Waals surface area contributed by atoms with Crippen molar-refractivity contribution in [3.8, 4) is 5.69 Å². The molecule has 0 radical (unpaired) electrons. The van der Waals surface area contributed by atoms with E-state index in [4.69, 9.17) is 0 Å². The summed E-state index contributed by atoms with van der Waals surface area (Å²) in [6.07, 6.45) is 0. The lowest BCUT2D eigenvalue weighted by molar-refractivity contribution is 1.19. The van der Waals surface area contributed by atoms with Crippen LogP contribution in [0, 0.1) is 3.57 Å². The summed E-state index contributed by atoms with van der Waals surface area (Å²) in [7, 11) is 0. The van der Waals surface area contributed by atoms with Gasteiger partial charge in [-0.05, 0) is 52.2 Å². The Balaban J connectivity index is 2.12. The molecule has 24 heavy (non-hydrogen) atoms. The Hall–Kier alpha value is -2.33. The topological polar surface area (TPSA) is 4.93 Å². The summed E-state index contributed by atoms with van der Waals surface area (Å²) in [5.41, 5.74) is 3.75. The van der Waals surface area contributed by atoms with Crippen molar-refractivity contribution in [2.24, 2.45) is 0 Å². The standard InChI is InChI=1S/C22H14IN/c23-20-14-19-17-11-6-7-13-21(17)24(15-8-2-1-3-9-15)22(19)18-12-5-4-10-16(18)20/h1-14H. The summed E-state index contributed by atoms with van der Waals surface area (Å²) in [6, 6.07) is 30.3. The lowest BCUT2D eigenvalue weighted by Crippen LogP contribution is -1.94. The summed E-state index contributed by atoms with van der Waals surface area (Å²) in [5.74, 6) is 0. The van der Waals surface area contributed by atoms with Crippen LogP contribution in [-0.2, 0) is 0 Å². The third-order valence-electron chi connectivity index (χ3n) is 4.64. The normalized spacial score (nSPS) is 11.5. The van der Waals surface area contributed by atoms with Crippen LogP contribution in [-0.4, -0.2) is 4.57 Å². The zero-order chi connectivity index (χ0) is 16.1. The summed E-state index contributed by atoms with van der Waals surface area (Å²) < 4.78 is 3.69. The van der Waals surface area contributed by atoms with Crippen molar-refractivity contribution in [1.29, 1.82) is 0 Å². The van der Waals surface area contributed by atoms with Crippen LogP contribution >= 0.6 is 22.6 Å². The van der Waals surface area contributed by atoms with Crippen molar-refractivity contribution >= 4 is 55.2 Å². The van der Waals surface area contributed by atoms with Crippen molar-refractivity contribution < 1.29 is 0 Å². The van der Waals surface area contributed by atoms with E-state index >= 15 is 0 Å². The molecule has 0 saturated carbocycles. The van der Waals surface area contributed by atoms with Gasteiger partial charge in [0.25, 0.3) is 0 Å². The second kappa shape index (κ2) is 5.35. The van der Waals surface area contributed by atoms with Crippen molar-refractivity contribution in [1.82, 2.24) is 4.57 Å². The highest BCUT2D eigenvalue weighted by Gasteiger charge is 2.15. The van der Waals surface area contributed by atoms with Gasteiger partial charge in [0.1, 0.15) is 0 Å². The van der Waals surface area contributed by atoms with Gasteiger partial charge in [-0.2, -0.15) is 0 Å². The number of aromatic nitrogens is 1. The molecule has 5 aromatic rings. The maximum absolute atomic E-state index is 2.45. The molecule has 1 nitrogen and oxygen atoms in total. The Labute approximate surface area is 153 Å². The van der Waals surface area contributed by atoms with Crippen LogP contribution in [0.15, 0.2) is 84.9 Å². The van der Waals surface area contributed by atoms with Crippen molar-refractivity contribution in [2.45, 2.75) is 0 Å². The molecule has 1 heterocycles. The average molecular weight is 419 g/mol. The number of nitrogens with zero attached hydrogens (tertiary/aromatic N) is 1. The summed E-state index contributed by atoms with van der Waals surface area (Å²) in [4.78, 5) is 0. The smallest absolute Gasteiger partial charge is 0.0620 e. The summed E-state index contributed by atoms with van der Waals surface area (Å²) >= 11 is 2.45. The first-order valence-corrected chi connectivity index (χ1v) is 9.08. The number of benzene rings is 4. The maximum Gasteiger partial charge on any atom is 0.0620 e. The van der Waals surface area contributed by atoms with Crippen LogP contribution in [0.5, 0.6) is 0 Å². The highest BCUT2D eigenvalue weighted by molar-refractivity contribution is 14.1. The fourth-order valence-corrected chi connectivity index (χ4v) is 4.41. The van der Waals surface area contributed by atoms with Gasteiger partial charge in [-0.15, -0.1) is 0 Å². The van der Waals surface area contributed by atoms with Gasteiger partial charge in [-0.3, -0.25) is 0 Å². The second-order valence-electron chi connectivity index (χ2n) is 5.99. The molecule has 0 spiro atoms. The van der Waals surface area contributed by atoms with Crippen molar-refractivity contribution in [3.63, 3.8) is 0 Å². The molecule has 4 aromatic carbocycles. The van der Waals surface area contributed by atoms with E-state index in [2.05, 4.69) is 112 Å². The van der Waals surface area contributed by atoms with E-state index in [1.54, 1.807) is 0 Å². The number of hydrogen-bond acceptors (Lipinski definition) is 0. The predicted octanol–water partition coefficient (Wildman–Crippen LogP) is 6.54. The Bertz CT molecular complexity index is 1200. The third kappa shape index (κ3) is 1.93. The van der Waals surface area contributed by atoms with Crippen LogP contribution < -0.4 is 0 Å². The molecule has 0 saturated heterocycles. The number of halogens is 1. The van der Waals surface area contributed by atoms with Crippen molar-refractivity contribution in [2.75, 3.05) is 0 Å². The largest absolute Gasteiger partial charge is 0.309 e. The minimum atomic E-state index is 1.20. The van der Waals surface area contributed by atoms with Gasteiger partial charge in [-0.1, -0.05) is 60.7 Å². The van der Waals surface area contributed by atoms with Crippen LogP contribution in [0.1, 0.15) is 0 Å². The van der Waals surface area contributed by atoms with Gasteiger partial charge < -0.3 is 4.57 Å². The molecule has 0 aliphatic carbocycles. The van der Waals surface area contributed by atoms with Crippen LogP contribution in [0.3, 0.4) is 0 Å². The Morgan fingerprint density at radius 2 is 1.21 bits per heavy atom. The minimum Gasteiger partial charge on any atom is -0.309 e. The molecule has 0 N–H and O–H groups in total. The first kappa shape index (κ1) is 14.1. The molecule has 0 amide bonds. The van der Waals surface area contributed by atoms with Gasteiger partial charge in [0.05, 0.1) is 11.0 Å². The Morgan fingerprint density at radius 1 is 0.583 bits per heavy atom. The summed E-state index contributed by atoms with van der Waals surface area (Å²) in [6.45, 7) is 0. The average Bonchev–Trinajstić information content (AvgIpc) is 2.97. The molecule has 0 atom stereocenters. The van der Waals surface area contributed by atoms with Gasteiger partial charge in [-0.25, -0.2) is 0 Å². The Kier molecular flexibility index (Phi) is 3.13. The molecule has 114 valence electrons. The van der Waals surface area contributed by atoms with Gasteiger partial charge in [0.2, 0.25) is 0 Å². The van der Waals surface area contributed by atoms with E-state index in [1.165, 1.54) is 41.8 Å². The third-order valence-corrected chi connectivity index (χ3v) is 5.53. The molecule has 0 bridgehead atoms. The molecule has 0 unspecified atom stereocenters. The van der Waals surface area contributed by atoms with Gasteiger partial charge in [0.15, 0.2) is 0 Å². The lowest BCUT2D eigenvalue weighted by Gasteiger charge is -2.10. The number of rotatable bonds is 1. The van der Waals surface area contributed by atoms with E-state index in [9.17, 15) is 0 Å². The van der Waals surface area contributed by atoms with Gasteiger partial charge in [0, 0.05) is 25.4 Å². The number of para-hydroxylation sites is 2. The molecular formula is C22H14IN. The molecule has 0 aliphatic heterocycles. The Morgan fingerprint density at radius 3 is 2.00 bits per heavy atom. The van der Waals surface area contributed by atoms with Crippen LogP contribution in [0.2, 0.25) is 0 Å². The minimum absolute atomic E-state index is 1.20. The predicted molar refractivity (Wildman–Crippen MR) is 111 cm³/mol. The fourth-order valence-electron chi connectivity index (χ4n) is 3.62. The van der Waals surface area contributed by atoms with Crippen molar-refractivity contribution in [3.05, 3.63) is 88.5 Å². The van der Waals surface area contributed by atoms with E-state index in [-0.39, 0.29) is 0 Å². The van der Waals surface area contributed by atoms with E-state index in [0.29, 0.717) is 0 Å². The SMILES string of the molecule is Ic1cc2c3ccccc3n(-c3ccccc3)c2c2ccccc12. The maximum atomic E-state index is 2.45. The molecule has 0 aliphatic rings. The first-order chi connectivity index (χ1) is 11.8. The van der Waals surface area contributed by atoms with Gasteiger partial charge >= 0.3 is 0 Å². The zero-order valence-electron chi connectivity index (χ0n) is 12.9. The highest BCUT2D eigenvalue weighted by Crippen LogP contribution is 2.38.